The van der Waals surface area contributed by atoms with E-state index in [0.717, 1.165) is 0 Å². The monoisotopic (exact) mass is 208 g/mol. The van der Waals surface area contributed by atoms with E-state index in [1.807, 2.05) is 11.8 Å². The van der Waals surface area contributed by atoms with E-state index in [4.69, 9.17) is 5.11 Å². The molecule has 0 amide bonds. The summed E-state index contributed by atoms with van der Waals surface area (Å²) >= 11 is 1.95. The van der Waals surface area contributed by atoms with Crippen molar-refractivity contribution < 1.29 is 5.11 Å². The Kier molecular flexibility index (Phi) is 2.84. The maximum absolute atomic E-state index is 9.08. The quantitative estimate of drug-likeness (QED) is 0.806. The van der Waals surface area contributed by atoms with E-state index in [1.54, 1.807) is 0 Å². The van der Waals surface area contributed by atoms with Crippen LogP contribution in [0.1, 0.15) is 30.9 Å². The lowest BCUT2D eigenvalue weighted by molar-refractivity contribution is 0.273. The molecule has 76 valence electrons. The van der Waals surface area contributed by atoms with Crippen LogP contribution < -0.4 is 0 Å². The second-order valence-electron chi connectivity index (χ2n) is 4.08. The molecule has 1 aromatic rings. The molecule has 0 spiro atoms. The highest BCUT2D eigenvalue weighted by Gasteiger charge is 2.19. The maximum atomic E-state index is 9.08. The van der Waals surface area contributed by atoms with Gasteiger partial charge in [0.2, 0.25) is 0 Å². The van der Waals surface area contributed by atoms with Gasteiger partial charge < -0.3 is 5.11 Å². The second-order valence-corrected chi connectivity index (χ2v) is 5.56. The topological polar surface area (TPSA) is 20.2 Å². The molecule has 2 rings (SSSR count). The Bertz CT molecular complexity index is 335. The maximum Gasteiger partial charge on any atom is 0.0497 e. The van der Waals surface area contributed by atoms with Gasteiger partial charge in [-0.2, -0.15) is 0 Å². The van der Waals surface area contributed by atoms with Crippen LogP contribution in [0.5, 0.6) is 0 Å². The summed E-state index contributed by atoms with van der Waals surface area (Å²) in [6, 6.07) is 6.61. The number of rotatable bonds is 2. The van der Waals surface area contributed by atoms with Crippen molar-refractivity contribution in [2.75, 3.05) is 6.61 Å². The molecule has 2 unspecified atom stereocenters. The Balaban J connectivity index is 2.28. The van der Waals surface area contributed by atoms with E-state index in [-0.39, 0.29) is 12.5 Å². The van der Waals surface area contributed by atoms with Crippen LogP contribution in [0.2, 0.25) is 0 Å². The molecule has 0 radical (unpaired) electrons. The van der Waals surface area contributed by atoms with Crippen molar-refractivity contribution >= 4 is 11.8 Å². The van der Waals surface area contributed by atoms with Crippen molar-refractivity contribution in [2.45, 2.75) is 36.3 Å². The van der Waals surface area contributed by atoms with Gasteiger partial charge in [-0.05, 0) is 23.6 Å². The first-order valence-electron chi connectivity index (χ1n) is 5.11. The van der Waals surface area contributed by atoms with Crippen molar-refractivity contribution in [1.29, 1.82) is 0 Å². The number of aliphatic hydroxyl groups excluding tert-OH is 1. The lowest BCUT2D eigenvalue weighted by Crippen LogP contribution is -1.98. The molecule has 1 nitrogen and oxygen atoms in total. The minimum atomic E-state index is 0.235. The molecule has 0 aromatic heterocycles. The zero-order valence-electron chi connectivity index (χ0n) is 8.66. The number of thioether (sulfide) groups is 1. The van der Waals surface area contributed by atoms with Gasteiger partial charge in [-0.1, -0.05) is 26.0 Å². The number of hydrogen-bond acceptors (Lipinski definition) is 2. The molecule has 1 aromatic carbocycles. The largest absolute Gasteiger partial charge is 0.396 e. The fourth-order valence-corrected chi connectivity index (χ4v) is 3.03. The van der Waals surface area contributed by atoms with E-state index in [1.165, 1.54) is 22.4 Å². The van der Waals surface area contributed by atoms with Gasteiger partial charge in [-0.25, -0.2) is 0 Å². The summed E-state index contributed by atoms with van der Waals surface area (Å²) < 4.78 is 0. The summed E-state index contributed by atoms with van der Waals surface area (Å²) in [6.07, 6.45) is 1.19. The third-order valence-electron chi connectivity index (χ3n) is 2.77. The first kappa shape index (κ1) is 10.1. The fraction of sp³-hybridized carbons (Fsp3) is 0.500. The molecule has 1 N–H and O–H groups in total. The molecule has 0 bridgehead atoms. The highest BCUT2D eigenvalue weighted by molar-refractivity contribution is 8.00. The van der Waals surface area contributed by atoms with Gasteiger partial charge in [0.25, 0.3) is 0 Å². The summed E-state index contributed by atoms with van der Waals surface area (Å²) in [5, 5.41) is 9.79. The van der Waals surface area contributed by atoms with Crippen molar-refractivity contribution in [3.8, 4) is 0 Å². The predicted octanol–water partition coefficient (Wildman–Crippen LogP) is 2.82. The normalized spacial score (nSPS) is 22.1. The lowest BCUT2D eigenvalue weighted by Gasteiger charge is -2.09. The molecule has 0 saturated carbocycles. The van der Waals surface area contributed by atoms with Crippen molar-refractivity contribution in [2.24, 2.45) is 0 Å². The number of benzene rings is 1. The van der Waals surface area contributed by atoms with Crippen LogP contribution in [0, 0.1) is 0 Å². The summed E-state index contributed by atoms with van der Waals surface area (Å²) in [4.78, 5) is 1.41. The average Bonchev–Trinajstić information content (AvgIpc) is 2.55. The molecule has 1 heterocycles. The van der Waals surface area contributed by atoms with E-state index in [0.29, 0.717) is 5.25 Å². The van der Waals surface area contributed by atoms with Crippen molar-refractivity contribution in [3.05, 3.63) is 29.3 Å². The van der Waals surface area contributed by atoms with E-state index >= 15 is 0 Å². The molecular weight excluding hydrogens is 192 g/mol. The molecule has 0 fully saturated rings. The first-order chi connectivity index (χ1) is 6.70. The van der Waals surface area contributed by atoms with Crippen LogP contribution in [0.25, 0.3) is 0 Å². The molecule has 0 aliphatic carbocycles. The van der Waals surface area contributed by atoms with Crippen LogP contribution in [0.15, 0.2) is 23.1 Å². The first-order valence-corrected chi connectivity index (χ1v) is 5.99. The highest BCUT2D eigenvalue weighted by atomic mass is 32.2. The SMILES string of the molecule is CC1Cc2ccc(C(C)CO)cc2S1. The molecule has 1 aliphatic rings. The van der Waals surface area contributed by atoms with Gasteiger partial charge >= 0.3 is 0 Å². The Hall–Kier alpha value is -0.470. The molecule has 2 heteroatoms. The second kappa shape index (κ2) is 3.95. The third kappa shape index (κ3) is 1.82. The number of fused-ring (bicyclic) bond motifs is 1. The zero-order chi connectivity index (χ0) is 10.1. The predicted molar refractivity (Wildman–Crippen MR) is 61.0 cm³/mol. The van der Waals surface area contributed by atoms with Gasteiger partial charge in [-0.15, -0.1) is 11.8 Å². The summed E-state index contributed by atoms with van der Waals surface area (Å²) in [5.41, 5.74) is 2.73. The van der Waals surface area contributed by atoms with E-state index in [2.05, 4.69) is 32.0 Å². The molecule has 2 atom stereocenters. The minimum absolute atomic E-state index is 0.235. The standard InChI is InChI=1S/C12H16OS/c1-8(7-13)10-3-4-11-5-9(2)14-12(11)6-10/h3-4,6,8-9,13H,5,7H2,1-2H3. The zero-order valence-corrected chi connectivity index (χ0v) is 9.47. The Morgan fingerprint density at radius 2 is 2.36 bits per heavy atom. The lowest BCUT2D eigenvalue weighted by atomic mass is 9.99. The van der Waals surface area contributed by atoms with Crippen LogP contribution in [0.3, 0.4) is 0 Å². The Labute approximate surface area is 89.5 Å². The van der Waals surface area contributed by atoms with Gasteiger partial charge in [0.1, 0.15) is 0 Å². The average molecular weight is 208 g/mol. The van der Waals surface area contributed by atoms with Gasteiger partial charge in [0, 0.05) is 22.7 Å². The Morgan fingerprint density at radius 1 is 1.57 bits per heavy atom. The summed E-state index contributed by atoms with van der Waals surface area (Å²) in [6.45, 7) is 4.56. The molecular formula is C12H16OS. The number of hydrogen-bond donors (Lipinski definition) is 1. The Morgan fingerprint density at radius 3 is 3.07 bits per heavy atom. The van der Waals surface area contributed by atoms with Crippen molar-refractivity contribution in [1.82, 2.24) is 0 Å². The molecule has 14 heavy (non-hydrogen) atoms. The summed E-state index contributed by atoms with van der Waals surface area (Å²) in [7, 11) is 0. The smallest absolute Gasteiger partial charge is 0.0497 e. The van der Waals surface area contributed by atoms with Gasteiger partial charge in [0.05, 0.1) is 0 Å². The van der Waals surface area contributed by atoms with Crippen LogP contribution in [0.4, 0.5) is 0 Å². The number of aliphatic hydroxyl groups is 1. The van der Waals surface area contributed by atoms with Crippen molar-refractivity contribution in [3.63, 3.8) is 0 Å². The van der Waals surface area contributed by atoms with E-state index < -0.39 is 0 Å². The molecule has 0 saturated heterocycles. The minimum Gasteiger partial charge on any atom is -0.396 e. The highest BCUT2D eigenvalue weighted by Crippen LogP contribution is 2.38. The third-order valence-corrected chi connectivity index (χ3v) is 3.97. The van der Waals surface area contributed by atoms with Gasteiger partial charge in [0.15, 0.2) is 0 Å². The van der Waals surface area contributed by atoms with Crippen LogP contribution in [-0.2, 0) is 6.42 Å². The summed E-state index contributed by atoms with van der Waals surface area (Å²) in [5.74, 6) is 0.261. The molecule has 1 aliphatic heterocycles. The van der Waals surface area contributed by atoms with Crippen LogP contribution >= 0.6 is 11.8 Å². The fourth-order valence-electron chi connectivity index (χ4n) is 1.83. The van der Waals surface area contributed by atoms with Gasteiger partial charge in [-0.3, -0.25) is 0 Å². The van der Waals surface area contributed by atoms with E-state index in [9.17, 15) is 0 Å². The van der Waals surface area contributed by atoms with Crippen LogP contribution in [-0.4, -0.2) is 17.0 Å².